The zero-order valence-corrected chi connectivity index (χ0v) is 20.6. The summed E-state index contributed by atoms with van der Waals surface area (Å²) in [6.45, 7) is 1.51. The summed E-state index contributed by atoms with van der Waals surface area (Å²) in [6.07, 6.45) is 7.04. The van der Waals surface area contributed by atoms with Crippen molar-refractivity contribution in [3.05, 3.63) is 40.7 Å². The summed E-state index contributed by atoms with van der Waals surface area (Å²) in [5.41, 5.74) is 1.27. The van der Waals surface area contributed by atoms with Gasteiger partial charge in [0.1, 0.15) is 11.9 Å². The molecule has 3 atom stereocenters. The van der Waals surface area contributed by atoms with E-state index in [0.717, 1.165) is 49.5 Å². The number of nitrogens with zero attached hydrogens (tertiary/aromatic N) is 4. The number of ether oxygens (including phenoxy) is 2. The molecule has 2 heterocycles. The van der Waals surface area contributed by atoms with Gasteiger partial charge in [-0.2, -0.15) is 10.1 Å². The molecule has 0 N–H and O–H groups in total. The molecule has 1 aromatic heterocycles. The molecular weight excluding hydrogens is 448 g/mol. The highest BCUT2D eigenvalue weighted by atomic mass is 35.5. The summed E-state index contributed by atoms with van der Waals surface area (Å²) in [4.78, 5) is 7.19. The molecule has 1 aliphatic carbocycles. The highest BCUT2D eigenvalue weighted by Gasteiger charge is 2.37. The van der Waals surface area contributed by atoms with Crippen molar-refractivity contribution in [2.75, 3.05) is 32.3 Å². The van der Waals surface area contributed by atoms with Crippen LogP contribution in [-0.2, 0) is 29.4 Å². The number of methoxy groups -OCH3 is 1. The molecule has 0 radical (unpaired) electrons. The molecule has 1 saturated carbocycles. The molecule has 0 spiro atoms. The normalized spacial score (nSPS) is 27.9. The largest absolute Gasteiger partial charge is 0.616 e. The Labute approximate surface area is 198 Å². The minimum absolute atomic E-state index is 0.0294. The Hall–Kier alpha value is -1.32. The lowest BCUT2D eigenvalue weighted by atomic mass is 9.83. The maximum Gasteiger partial charge on any atom is 0.314 e. The van der Waals surface area contributed by atoms with E-state index in [1.807, 2.05) is 19.2 Å². The van der Waals surface area contributed by atoms with Crippen LogP contribution < -0.4 is 4.74 Å². The Bertz CT molecular complexity index is 871. The Morgan fingerprint density at radius 1 is 1.22 bits per heavy atom. The molecule has 2 aromatic rings. The van der Waals surface area contributed by atoms with Gasteiger partial charge in [0, 0.05) is 36.6 Å². The first-order chi connectivity index (χ1) is 15.4. The van der Waals surface area contributed by atoms with Crippen LogP contribution in [0.25, 0.3) is 0 Å². The Kier molecular flexibility index (Phi) is 8.00. The van der Waals surface area contributed by atoms with Crippen LogP contribution in [0.2, 0.25) is 5.02 Å². The van der Waals surface area contributed by atoms with Crippen LogP contribution in [0.15, 0.2) is 24.3 Å². The van der Waals surface area contributed by atoms with Gasteiger partial charge >= 0.3 is 6.01 Å². The highest BCUT2D eigenvalue weighted by molar-refractivity contribution is 7.90. The molecule has 3 unspecified atom stereocenters. The maximum absolute atomic E-state index is 11.8. The minimum Gasteiger partial charge on any atom is -0.616 e. The van der Waals surface area contributed by atoms with Crippen LogP contribution in [-0.4, -0.2) is 74.7 Å². The second kappa shape index (κ2) is 10.7. The van der Waals surface area contributed by atoms with Crippen molar-refractivity contribution in [3.8, 4) is 6.01 Å². The zero-order chi connectivity index (χ0) is 22.7. The second-order valence-corrected chi connectivity index (χ2v) is 10.9. The summed E-state index contributed by atoms with van der Waals surface area (Å²) >= 11 is 5.21. The monoisotopic (exact) mass is 480 g/mol. The number of halogens is 1. The predicted octanol–water partition coefficient (Wildman–Crippen LogP) is 3.19. The van der Waals surface area contributed by atoms with Crippen LogP contribution in [0.5, 0.6) is 6.01 Å². The fraction of sp³-hybridized carbons (Fsp3) is 0.652. The number of benzene rings is 1. The lowest BCUT2D eigenvalue weighted by Crippen LogP contribution is -2.56. The topological polar surface area (TPSA) is 75.5 Å². The van der Waals surface area contributed by atoms with Gasteiger partial charge in [-0.05, 0) is 49.8 Å². The third-order valence-corrected chi connectivity index (χ3v) is 7.76. The van der Waals surface area contributed by atoms with Crippen molar-refractivity contribution < 1.29 is 14.0 Å². The summed E-state index contributed by atoms with van der Waals surface area (Å²) in [5, 5.41) is 5.33. The van der Waals surface area contributed by atoms with E-state index >= 15 is 0 Å². The Balaban J connectivity index is 1.43. The van der Waals surface area contributed by atoms with E-state index in [4.69, 9.17) is 21.1 Å². The van der Waals surface area contributed by atoms with Gasteiger partial charge < -0.3 is 14.0 Å². The van der Waals surface area contributed by atoms with E-state index in [0.29, 0.717) is 36.4 Å². The lowest BCUT2D eigenvalue weighted by molar-refractivity contribution is -0.0756. The highest BCUT2D eigenvalue weighted by Crippen LogP contribution is 2.36. The van der Waals surface area contributed by atoms with Gasteiger partial charge in [-0.1, -0.05) is 34.9 Å². The van der Waals surface area contributed by atoms with Gasteiger partial charge in [0.05, 0.1) is 20.0 Å². The number of hydrogen-bond acceptors (Lipinski definition) is 6. The van der Waals surface area contributed by atoms with Crippen molar-refractivity contribution in [2.24, 2.45) is 7.05 Å². The molecule has 176 valence electrons. The van der Waals surface area contributed by atoms with Crippen LogP contribution >= 0.6 is 11.6 Å². The maximum atomic E-state index is 11.8. The zero-order valence-electron chi connectivity index (χ0n) is 19.1. The average Bonchev–Trinajstić information content (AvgIpc) is 3.17. The molecule has 0 amide bonds. The summed E-state index contributed by atoms with van der Waals surface area (Å²) in [6, 6.07) is 9.47. The fourth-order valence-corrected chi connectivity index (χ4v) is 5.92. The van der Waals surface area contributed by atoms with Gasteiger partial charge in [0.15, 0.2) is 5.82 Å². The predicted molar refractivity (Wildman–Crippen MR) is 127 cm³/mol. The molecule has 0 bridgehead atoms. The van der Waals surface area contributed by atoms with Crippen molar-refractivity contribution in [1.29, 1.82) is 0 Å². The number of rotatable bonds is 7. The van der Waals surface area contributed by atoms with Crippen molar-refractivity contribution in [3.63, 3.8) is 0 Å². The van der Waals surface area contributed by atoms with E-state index in [2.05, 4.69) is 27.1 Å². The van der Waals surface area contributed by atoms with Gasteiger partial charge in [-0.15, -0.1) is 0 Å². The first-order valence-corrected chi connectivity index (χ1v) is 13.4. The van der Waals surface area contributed by atoms with Gasteiger partial charge in [-0.25, -0.2) is 4.68 Å². The van der Waals surface area contributed by atoms with E-state index in [1.54, 1.807) is 18.0 Å². The Morgan fingerprint density at radius 3 is 2.56 bits per heavy atom. The molecule has 1 saturated heterocycles. The van der Waals surface area contributed by atoms with Gasteiger partial charge in [0.25, 0.3) is 0 Å². The molecule has 9 heteroatoms. The van der Waals surface area contributed by atoms with Crippen molar-refractivity contribution in [2.45, 2.75) is 56.2 Å². The summed E-state index contributed by atoms with van der Waals surface area (Å²) in [7, 11) is 3.50. The molecular formula is C23H33ClN4O3S. The summed E-state index contributed by atoms with van der Waals surface area (Å²) in [5.74, 6) is 1.86. The van der Waals surface area contributed by atoms with Crippen LogP contribution in [0.1, 0.15) is 43.0 Å². The minimum atomic E-state index is -0.863. The number of hydrogen-bond donors (Lipinski definition) is 0. The second-order valence-electron chi connectivity index (χ2n) is 8.96. The van der Waals surface area contributed by atoms with Gasteiger partial charge in [-0.3, -0.25) is 4.90 Å². The van der Waals surface area contributed by atoms with E-state index in [-0.39, 0.29) is 6.10 Å². The van der Waals surface area contributed by atoms with E-state index in [9.17, 15) is 4.55 Å². The molecule has 7 nitrogen and oxygen atoms in total. The standard InChI is InChI=1S/C23H33ClN4O3S/c1-27-23(30-2)25-22(26-27)17-6-10-19(11-7-17)28-13-21(15-32(3)29)31-14-20(28)12-16-4-8-18(24)9-5-16/h4-5,8-9,17,19-21H,6-7,10-15H2,1-3H3. The molecule has 1 aromatic carbocycles. The molecule has 2 fully saturated rings. The number of morpholine rings is 1. The molecule has 32 heavy (non-hydrogen) atoms. The van der Waals surface area contributed by atoms with Crippen LogP contribution in [0.4, 0.5) is 0 Å². The van der Waals surface area contributed by atoms with Crippen LogP contribution in [0.3, 0.4) is 0 Å². The smallest absolute Gasteiger partial charge is 0.314 e. The van der Waals surface area contributed by atoms with E-state index < -0.39 is 11.2 Å². The first-order valence-electron chi connectivity index (χ1n) is 11.3. The Morgan fingerprint density at radius 2 is 1.94 bits per heavy atom. The molecule has 4 rings (SSSR count). The fourth-order valence-electron chi connectivity index (χ4n) is 5.06. The third-order valence-electron chi connectivity index (χ3n) is 6.67. The SMILES string of the molecule is COc1nc(C2CCC(N3CC(C[S+](C)[O-])OCC3Cc3ccc(Cl)cc3)CC2)nn1C. The van der Waals surface area contributed by atoms with Crippen molar-refractivity contribution in [1.82, 2.24) is 19.7 Å². The quantitative estimate of drug-likeness (QED) is 0.566. The molecule has 1 aliphatic heterocycles. The third kappa shape index (κ3) is 5.78. The van der Waals surface area contributed by atoms with Crippen molar-refractivity contribution >= 4 is 22.8 Å². The number of aromatic nitrogens is 3. The molecule has 2 aliphatic rings. The van der Waals surface area contributed by atoms with E-state index in [1.165, 1.54) is 5.56 Å². The average molecular weight is 481 g/mol. The summed E-state index contributed by atoms with van der Waals surface area (Å²) < 4.78 is 25.0. The lowest BCUT2D eigenvalue weighted by Gasteiger charge is -2.46. The van der Waals surface area contributed by atoms with Crippen LogP contribution in [0, 0.1) is 0 Å². The first kappa shape index (κ1) is 23.8. The van der Waals surface area contributed by atoms with Gasteiger partial charge in [0.2, 0.25) is 0 Å². The number of aryl methyl sites for hydroxylation is 1.